The van der Waals surface area contributed by atoms with Crippen molar-refractivity contribution < 1.29 is 27.5 Å². The van der Waals surface area contributed by atoms with Crippen LogP contribution in [-0.2, 0) is 24.3 Å². The number of rotatable bonds is 6. The molecule has 3 rings (SSSR count). The number of esters is 1. The van der Waals surface area contributed by atoms with Crippen LogP contribution in [0, 0.1) is 0 Å². The Bertz CT molecular complexity index is 988. The average molecular weight is 439 g/mol. The van der Waals surface area contributed by atoms with Crippen molar-refractivity contribution in [2.75, 3.05) is 38.2 Å². The third kappa shape index (κ3) is 5.54. The lowest BCUT2D eigenvalue weighted by atomic mass is 10.2. The summed E-state index contributed by atoms with van der Waals surface area (Å²) in [7, 11) is -3.74. The number of carbonyl (C=O) groups excluding carboxylic acids is 2. The van der Waals surface area contributed by atoms with E-state index in [1.54, 1.807) is 24.3 Å². The van der Waals surface area contributed by atoms with Gasteiger partial charge < -0.3 is 14.8 Å². The first kappa shape index (κ1) is 21.3. The number of anilines is 1. The number of hydrogen-bond acceptors (Lipinski definition) is 6. The largest absolute Gasteiger partial charge is 0.452 e. The van der Waals surface area contributed by atoms with Gasteiger partial charge in [-0.1, -0.05) is 17.7 Å². The monoisotopic (exact) mass is 438 g/mol. The zero-order chi connectivity index (χ0) is 20.9. The van der Waals surface area contributed by atoms with Gasteiger partial charge in [-0.25, -0.2) is 13.2 Å². The fourth-order valence-corrected chi connectivity index (χ4v) is 4.24. The predicted molar refractivity (Wildman–Crippen MR) is 106 cm³/mol. The minimum Gasteiger partial charge on any atom is -0.452 e. The van der Waals surface area contributed by atoms with Crippen LogP contribution in [0.2, 0.25) is 5.02 Å². The van der Waals surface area contributed by atoms with Gasteiger partial charge in [0.2, 0.25) is 10.0 Å². The van der Waals surface area contributed by atoms with Gasteiger partial charge in [-0.05, 0) is 42.5 Å². The lowest BCUT2D eigenvalue weighted by molar-refractivity contribution is -0.119. The van der Waals surface area contributed by atoms with Gasteiger partial charge in [0.15, 0.2) is 6.61 Å². The number of morpholine rings is 1. The van der Waals surface area contributed by atoms with E-state index in [4.69, 9.17) is 21.1 Å². The lowest BCUT2D eigenvalue weighted by Gasteiger charge is -2.26. The summed E-state index contributed by atoms with van der Waals surface area (Å²) in [6, 6.07) is 12.0. The standard InChI is InChI=1S/C19H19ClN2O6S/c20-15-4-6-16(7-5-15)21-18(23)13-28-19(24)14-2-1-3-17(12-14)29(25,26)22-8-10-27-11-9-22/h1-7,12H,8-11,13H2,(H,21,23). The molecule has 0 bridgehead atoms. The first-order valence-corrected chi connectivity index (χ1v) is 10.6. The lowest BCUT2D eigenvalue weighted by Crippen LogP contribution is -2.40. The smallest absolute Gasteiger partial charge is 0.338 e. The van der Waals surface area contributed by atoms with Crippen molar-refractivity contribution in [3.8, 4) is 0 Å². The van der Waals surface area contributed by atoms with Gasteiger partial charge in [0.05, 0.1) is 23.7 Å². The normalized spacial score (nSPS) is 14.9. The van der Waals surface area contributed by atoms with E-state index in [1.807, 2.05) is 0 Å². The number of carbonyl (C=O) groups is 2. The highest BCUT2D eigenvalue weighted by atomic mass is 35.5. The first-order chi connectivity index (χ1) is 13.9. The number of benzene rings is 2. The summed E-state index contributed by atoms with van der Waals surface area (Å²) in [6.07, 6.45) is 0. The second kappa shape index (κ2) is 9.36. The highest BCUT2D eigenvalue weighted by Crippen LogP contribution is 2.19. The molecule has 1 fully saturated rings. The van der Waals surface area contributed by atoms with Crippen molar-refractivity contribution in [3.63, 3.8) is 0 Å². The Labute approximate surface area is 173 Å². The first-order valence-electron chi connectivity index (χ1n) is 8.77. The Morgan fingerprint density at radius 1 is 1.10 bits per heavy atom. The number of nitrogens with zero attached hydrogens (tertiary/aromatic N) is 1. The third-order valence-corrected chi connectivity index (χ3v) is 6.29. The van der Waals surface area contributed by atoms with Crippen molar-refractivity contribution >= 4 is 39.2 Å². The van der Waals surface area contributed by atoms with Crippen LogP contribution in [0.3, 0.4) is 0 Å². The van der Waals surface area contributed by atoms with E-state index in [0.29, 0.717) is 23.9 Å². The molecule has 0 atom stereocenters. The Morgan fingerprint density at radius 2 is 1.79 bits per heavy atom. The molecule has 2 aromatic rings. The molecule has 2 aromatic carbocycles. The molecule has 0 radical (unpaired) electrons. The summed E-state index contributed by atoms with van der Waals surface area (Å²) >= 11 is 5.78. The minimum atomic E-state index is -3.74. The van der Waals surface area contributed by atoms with Gasteiger partial charge in [0.25, 0.3) is 5.91 Å². The van der Waals surface area contributed by atoms with Crippen LogP contribution < -0.4 is 5.32 Å². The quantitative estimate of drug-likeness (QED) is 0.693. The maximum Gasteiger partial charge on any atom is 0.338 e. The van der Waals surface area contributed by atoms with Gasteiger partial charge in [-0.15, -0.1) is 0 Å². The summed E-state index contributed by atoms with van der Waals surface area (Å²) in [5.74, 6) is -1.33. The molecule has 1 heterocycles. The number of amides is 1. The van der Waals surface area contributed by atoms with Gasteiger partial charge >= 0.3 is 5.97 Å². The van der Waals surface area contributed by atoms with Crippen molar-refractivity contribution in [1.82, 2.24) is 4.31 Å². The summed E-state index contributed by atoms with van der Waals surface area (Å²) < 4.78 is 36.9. The van der Waals surface area contributed by atoms with E-state index in [-0.39, 0.29) is 23.5 Å². The van der Waals surface area contributed by atoms with Gasteiger partial charge in [0, 0.05) is 23.8 Å². The molecule has 1 aliphatic heterocycles. The third-order valence-electron chi connectivity index (χ3n) is 4.14. The van der Waals surface area contributed by atoms with Gasteiger partial charge in [0.1, 0.15) is 0 Å². The zero-order valence-corrected chi connectivity index (χ0v) is 16.9. The molecular formula is C19H19ClN2O6S. The Balaban J connectivity index is 1.61. The highest BCUT2D eigenvalue weighted by Gasteiger charge is 2.27. The molecule has 1 saturated heterocycles. The zero-order valence-electron chi connectivity index (χ0n) is 15.3. The number of halogens is 1. The molecule has 1 N–H and O–H groups in total. The highest BCUT2D eigenvalue weighted by molar-refractivity contribution is 7.89. The van der Waals surface area contributed by atoms with Crippen molar-refractivity contribution in [3.05, 3.63) is 59.1 Å². The van der Waals surface area contributed by atoms with Crippen LogP contribution in [0.15, 0.2) is 53.4 Å². The summed E-state index contributed by atoms with van der Waals surface area (Å²) in [6.45, 7) is 0.638. The van der Waals surface area contributed by atoms with Crippen molar-refractivity contribution in [1.29, 1.82) is 0 Å². The molecule has 1 amide bonds. The Hall–Kier alpha value is -2.46. The molecule has 154 valence electrons. The van der Waals surface area contributed by atoms with E-state index >= 15 is 0 Å². The minimum absolute atomic E-state index is 0.0144. The molecule has 10 heteroatoms. The van der Waals surface area contributed by atoms with E-state index in [9.17, 15) is 18.0 Å². The molecule has 0 spiro atoms. The SMILES string of the molecule is O=C(COC(=O)c1cccc(S(=O)(=O)N2CCOCC2)c1)Nc1ccc(Cl)cc1. The topological polar surface area (TPSA) is 102 Å². The summed E-state index contributed by atoms with van der Waals surface area (Å²) in [5, 5.41) is 3.09. The van der Waals surface area contributed by atoms with E-state index < -0.39 is 28.5 Å². The van der Waals surface area contributed by atoms with E-state index in [1.165, 1.54) is 28.6 Å². The second-order valence-corrected chi connectivity index (χ2v) is 8.55. The fraction of sp³-hybridized carbons (Fsp3) is 0.263. The van der Waals surface area contributed by atoms with Crippen molar-refractivity contribution in [2.24, 2.45) is 0 Å². The van der Waals surface area contributed by atoms with Crippen LogP contribution >= 0.6 is 11.6 Å². The van der Waals surface area contributed by atoms with Crippen LogP contribution in [0.1, 0.15) is 10.4 Å². The molecule has 0 aliphatic carbocycles. The van der Waals surface area contributed by atoms with Gasteiger partial charge in [-0.3, -0.25) is 4.79 Å². The maximum absolute atomic E-state index is 12.7. The Morgan fingerprint density at radius 3 is 2.48 bits per heavy atom. The van der Waals surface area contributed by atoms with Crippen LogP contribution in [0.5, 0.6) is 0 Å². The molecule has 29 heavy (non-hydrogen) atoms. The number of sulfonamides is 1. The number of ether oxygens (including phenoxy) is 2. The number of nitrogens with one attached hydrogen (secondary N) is 1. The van der Waals surface area contributed by atoms with Gasteiger partial charge in [-0.2, -0.15) is 4.31 Å². The Kier molecular flexibility index (Phi) is 6.86. The molecule has 0 aromatic heterocycles. The molecule has 1 aliphatic rings. The van der Waals surface area contributed by atoms with E-state index in [2.05, 4.69) is 5.32 Å². The second-order valence-electron chi connectivity index (χ2n) is 6.18. The van der Waals surface area contributed by atoms with Crippen LogP contribution in [0.25, 0.3) is 0 Å². The van der Waals surface area contributed by atoms with Crippen LogP contribution in [0.4, 0.5) is 5.69 Å². The molecular weight excluding hydrogens is 420 g/mol. The van der Waals surface area contributed by atoms with Crippen LogP contribution in [-0.4, -0.2) is 57.5 Å². The molecule has 8 nitrogen and oxygen atoms in total. The maximum atomic E-state index is 12.7. The van der Waals surface area contributed by atoms with Crippen molar-refractivity contribution in [2.45, 2.75) is 4.90 Å². The molecule has 0 saturated carbocycles. The summed E-state index contributed by atoms with van der Waals surface area (Å²) in [4.78, 5) is 24.2. The average Bonchev–Trinajstić information content (AvgIpc) is 2.74. The fourth-order valence-electron chi connectivity index (χ4n) is 2.66. The molecule has 0 unspecified atom stereocenters. The number of hydrogen-bond donors (Lipinski definition) is 1. The summed E-state index contributed by atoms with van der Waals surface area (Å²) in [5.41, 5.74) is 0.549. The van der Waals surface area contributed by atoms with E-state index in [0.717, 1.165) is 0 Å². The predicted octanol–water partition coefficient (Wildman–Crippen LogP) is 2.16.